The predicted octanol–water partition coefficient (Wildman–Crippen LogP) is 7.32. The van der Waals surface area contributed by atoms with Gasteiger partial charge in [0, 0.05) is 12.5 Å². The molecule has 1 atom stereocenters. The largest absolute Gasteiger partial charge is 0.497 e. The van der Waals surface area contributed by atoms with Crippen molar-refractivity contribution in [1.29, 1.82) is 0 Å². The molecule has 3 heteroatoms. The number of aryl methyl sites for hydroxylation is 3. The molecule has 0 radical (unpaired) electrons. The highest BCUT2D eigenvalue weighted by atomic mass is 16.5. The second kappa shape index (κ2) is 8.40. The minimum atomic E-state index is 0.162. The van der Waals surface area contributed by atoms with E-state index in [1.165, 1.54) is 44.1 Å². The van der Waals surface area contributed by atoms with Gasteiger partial charge < -0.3 is 9.30 Å². The number of para-hydroxylation sites is 2. The molecule has 1 heterocycles. The van der Waals surface area contributed by atoms with Gasteiger partial charge in [0.2, 0.25) is 0 Å². The van der Waals surface area contributed by atoms with Crippen molar-refractivity contribution in [2.24, 2.45) is 0 Å². The van der Waals surface area contributed by atoms with Crippen LogP contribution in [0.5, 0.6) is 5.75 Å². The summed E-state index contributed by atoms with van der Waals surface area (Å²) in [6.45, 7) is 9.68. The molecule has 0 bridgehead atoms. The third-order valence-corrected chi connectivity index (χ3v) is 6.80. The molecular weight excluding hydrogens is 404 g/mol. The van der Waals surface area contributed by atoms with Gasteiger partial charge >= 0.3 is 0 Å². The van der Waals surface area contributed by atoms with Crippen molar-refractivity contribution >= 4 is 21.8 Å². The smallest absolute Gasteiger partial charge is 0.119 e. The standard InChI is InChI=1S/C30H30N2O/c1-19-14-20(2)27(21(3)15-19)18-32-29-9-7-6-8-28(29)31-30(32)22(4)23-10-11-25-17-26(33-5)13-12-24(25)16-23/h6-17,22H,18H2,1-5H3. The zero-order chi connectivity index (χ0) is 23.1. The van der Waals surface area contributed by atoms with Gasteiger partial charge in [-0.25, -0.2) is 4.98 Å². The van der Waals surface area contributed by atoms with Gasteiger partial charge in [0.25, 0.3) is 0 Å². The van der Waals surface area contributed by atoms with Crippen LogP contribution in [0.1, 0.15) is 46.5 Å². The zero-order valence-electron chi connectivity index (χ0n) is 20.0. The maximum absolute atomic E-state index is 5.39. The molecule has 0 saturated carbocycles. The fraction of sp³-hybridized carbons (Fsp3) is 0.233. The Labute approximate surface area is 195 Å². The number of fused-ring (bicyclic) bond motifs is 2. The molecule has 0 N–H and O–H groups in total. The minimum absolute atomic E-state index is 0.162. The van der Waals surface area contributed by atoms with Crippen LogP contribution in [0.4, 0.5) is 0 Å². The normalized spacial score (nSPS) is 12.4. The van der Waals surface area contributed by atoms with E-state index in [0.717, 1.165) is 23.6 Å². The molecule has 0 fully saturated rings. The maximum Gasteiger partial charge on any atom is 0.119 e. The SMILES string of the molecule is COc1ccc2cc(C(C)c3nc4ccccc4n3Cc3c(C)cc(C)cc3C)ccc2c1. The van der Waals surface area contributed by atoms with Crippen LogP contribution in [0.3, 0.4) is 0 Å². The van der Waals surface area contributed by atoms with Crippen molar-refractivity contribution in [3.05, 3.63) is 106 Å². The molecule has 0 amide bonds. The third-order valence-electron chi connectivity index (χ3n) is 6.80. The van der Waals surface area contributed by atoms with Crippen LogP contribution in [0, 0.1) is 20.8 Å². The Morgan fingerprint density at radius 1 is 0.848 bits per heavy atom. The first-order valence-corrected chi connectivity index (χ1v) is 11.5. The van der Waals surface area contributed by atoms with Gasteiger partial charge in [0.05, 0.1) is 18.1 Å². The summed E-state index contributed by atoms with van der Waals surface area (Å²) >= 11 is 0. The number of aromatic nitrogens is 2. The topological polar surface area (TPSA) is 27.1 Å². The van der Waals surface area contributed by atoms with E-state index in [-0.39, 0.29) is 5.92 Å². The molecule has 5 rings (SSSR count). The number of methoxy groups -OCH3 is 1. The molecule has 1 aromatic heterocycles. The van der Waals surface area contributed by atoms with Gasteiger partial charge in [-0.3, -0.25) is 0 Å². The van der Waals surface area contributed by atoms with Crippen LogP contribution in [-0.4, -0.2) is 16.7 Å². The lowest BCUT2D eigenvalue weighted by Gasteiger charge is -2.18. The fourth-order valence-corrected chi connectivity index (χ4v) is 5.00. The maximum atomic E-state index is 5.39. The number of hydrogen-bond donors (Lipinski definition) is 0. The van der Waals surface area contributed by atoms with E-state index in [2.05, 4.69) is 99.0 Å². The summed E-state index contributed by atoms with van der Waals surface area (Å²) in [4.78, 5) is 5.11. The van der Waals surface area contributed by atoms with Crippen molar-refractivity contribution < 1.29 is 4.74 Å². The van der Waals surface area contributed by atoms with E-state index in [0.29, 0.717) is 0 Å². The Morgan fingerprint density at radius 2 is 1.55 bits per heavy atom. The van der Waals surface area contributed by atoms with Crippen molar-refractivity contribution in [2.45, 2.75) is 40.2 Å². The highest BCUT2D eigenvalue weighted by Crippen LogP contribution is 2.32. The van der Waals surface area contributed by atoms with Crippen LogP contribution < -0.4 is 4.74 Å². The Hall–Kier alpha value is -3.59. The van der Waals surface area contributed by atoms with Gasteiger partial charge in [-0.2, -0.15) is 0 Å². The summed E-state index contributed by atoms with van der Waals surface area (Å²) in [6, 6.07) is 26.0. The van der Waals surface area contributed by atoms with E-state index in [9.17, 15) is 0 Å². The van der Waals surface area contributed by atoms with E-state index in [1.807, 2.05) is 6.07 Å². The van der Waals surface area contributed by atoms with Gasteiger partial charge in [0.15, 0.2) is 0 Å². The summed E-state index contributed by atoms with van der Waals surface area (Å²) in [5, 5.41) is 2.40. The van der Waals surface area contributed by atoms with Crippen LogP contribution in [0.15, 0.2) is 72.8 Å². The van der Waals surface area contributed by atoms with Crippen LogP contribution in [0.2, 0.25) is 0 Å². The first-order valence-electron chi connectivity index (χ1n) is 11.5. The van der Waals surface area contributed by atoms with Gasteiger partial charge in [-0.1, -0.05) is 61.0 Å². The highest BCUT2D eigenvalue weighted by molar-refractivity contribution is 5.85. The average molecular weight is 435 g/mol. The Kier molecular flexibility index (Phi) is 5.41. The number of benzene rings is 4. The highest BCUT2D eigenvalue weighted by Gasteiger charge is 2.20. The molecule has 4 aromatic carbocycles. The molecule has 0 aliphatic carbocycles. The average Bonchev–Trinajstić information content (AvgIpc) is 3.18. The Bertz CT molecular complexity index is 1450. The number of nitrogens with zero attached hydrogens (tertiary/aromatic N) is 2. The molecule has 33 heavy (non-hydrogen) atoms. The quantitative estimate of drug-likeness (QED) is 0.290. The van der Waals surface area contributed by atoms with Gasteiger partial charge in [-0.15, -0.1) is 0 Å². The number of imidazole rings is 1. The van der Waals surface area contributed by atoms with Crippen molar-refractivity contribution in [1.82, 2.24) is 9.55 Å². The first-order chi connectivity index (χ1) is 15.9. The van der Waals surface area contributed by atoms with Crippen LogP contribution >= 0.6 is 0 Å². The van der Waals surface area contributed by atoms with Crippen molar-refractivity contribution in [3.63, 3.8) is 0 Å². The lowest BCUT2D eigenvalue weighted by Crippen LogP contribution is -2.11. The lowest BCUT2D eigenvalue weighted by atomic mass is 9.96. The molecule has 5 aromatic rings. The molecular formula is C30H30N2O. The summed E-state index contributed by atoms with van der Waals surface area (Å²) in [7, 11) is 1.71. The van der Waals surface area contributed by atoms with Gasteiger partial charge in [-0.05, 0) is 78.1 Å². The molecule has 3 nitrogen and oxygen atoms in total. The van der Waals surface area contributed by atoms with Crippen molar-refractivity contribution in [2.75, 3.05) is 7.11 Å². The molecule has 166 valence electrons. The predicted molar refractivity (Wildman–Crippen MR) is 138 cm³/mol. The summed E-state index contributed by atoms with van der Waals surface area (Å²) < 4.78 is 7.79. The molecule has 0 aliphatic heterocycles. The first kappa shape index (κ1) is 21.3. The monoisotopic (exact) mass is 434 g/mol. The second-order valence-corrected chi connectivity index (χ2v) is 9.12. The van der Waals surface area contributed by atoms with Crippen LogP contribution in [-0.2, 0) is 6.54 Å². The zero-order valence-corrected chi connectivity index (χ0v) is 20.0. The minimum Gasteiger partial charge on any atom is -0.497 e. The second-order valence-electron chi connectivity index (χ2n) is 9.12. The van der Waals surface area contributed by atoms with Crippen molar-refractivity contribution in [3.8, 4) is 5.75 Å². The van der Waals surface area contributed by atoms with E-state index in [4.69, 9.17) is 9.72 Å². The Morgan fingerprint density at radius 3 is 2.30 bits per heavy atom. The summed E-state index contributed by atoms with van der Waals surface area (Å²) in [6.07, 6.45) is 0. The number of hydrogen-bond acceptors (Lipinski definition) is 2. The molecule has 1 unspecified atom stereocenters. The summed E-state index contributed by atoms with van der Waals surface area (Å²) in [5.74, 6) is 2.15. The lowest BCUT2D eigenvalue weighted by molar-refractivity contribution is 0.415. The molecule has 0 aliphatic rings. The number of rotatable bonds is 5. The van der Waals surface area contributed by atoms with E-state index < -0.39 is 0 Å². The third kappa shape index (κ3) is 3.89. The van der Waals surface area contributed by atoms with E-state index in [1.54, 1.807) is 7.11 Å². The van der Waals surface area contributed by atoms with E-state index >= 15 is 0 Å². The summed E-state index contributed by atoms with van der Waals surface area (Å²) in [5.41, 5.74) is 8.86. The Balaban J connectivity index is 1.62. The fourth-order valence-electron chi connectivity index (χ4n) is 5.00. The number of ether oxygens (including phenoxy) is 1. The molecule has 0 spiro atoms. The van der Waals surface area contributed by atoms with Gasteiger partial charge in [0.1, 0.15) is 11.6 Å². The van der Waals surface area contributed by atoms with Crippen LogP contribution in [0.25, 0.3) is 21.8 Å². The molecule has 0 saturated heterocycles.